The standard InChI is InChI=1S/C24H28F2N4O3.ClH/c1-13(2)19(28-22(31)14(3)27-4)24(33)30-12-15-8-5-6-9-16(15)21(30)23(32)29-20-17(25)10-7-11-18(20)26;/h5-11,13-14,19,21,27H,12H2,1-4H3,(H,28,31)(H,29,32);1H/t14-,19-,21?;/m0./s1. The molecule has 1 aliphatic heterocycles. The molecular weight excluding hydrogens is 466 g/mol. The molecule has 34 heavy (non-hydrogen) atoms. The number of benzene rings is 2. The predicted octanol–water partition coefficient (Wildman–Crippen LogP) is 3.16. The molecule has 7 nitrogen and oxygen atoms in total. The van der Waals surface area contributed by atoms with Crippen LogP contribution in [-0.4, -0.2) is 41.8 Å². The molecule has 1 aliphatic rings. The zero-order valence-corrected chi connectivity index (χ0v) is 20.2. The van der Waals surface area contributed by atoms with Crippen LogP contribution in [0.3, 0.4) is 0 Å². The first-order valence-corrected chi connectivity index (χ1v) is 10.8. The van der Waals surface area contributed by atoms with Crippen LogP contribution < -0.4 is 16.0 Å². The van der Waals surface area contributed by atoms with Gasteiger partial charge in [-0.3, -0.25) is 14.4 Å². The minimum absolute atomic E-state index is 0. The molecule has 1 heterocycles. The van der Waals surface area contributed by atoms with Gasteiger partial charge >= 0.3 is 0 Å². The summed E-state index contributed by atoms with van der Waals surface area (Å²) in [6.07, 6.45) is 0. The maximum Gasteiger partial charge on any atom is 0.252 e. The van der Waals surface area contributed by atoms with E-state index in [1.165, 1.54) is 11.0 Å². The summed E-state index contributed by atoms with van der Waals surface area (Å²) >= 11 is 0. The van der Waals surface area contributed by atoms with Crippen LogP contribution >= 0.6 is 12.4 Å². The molecule has 2 aromatic carbocycles. The lowest BCUT2D eigenvalue weighted by Gasteiger charge is -2.31. The van der Waals surface area contributed by atoms with Gasteiger partial charge in [0.1, 0.15) is 29.4 Å². The minimum Gasteiger partial charge on any atom is -0.343 e. The van der Waals surface area contributed by atoms with Gasteiger partial charge in [0.05, 0.1) is 6.04 Å². The second-order valence-corrected chi connectivity index (χ2v) is 8.39. The number of fused-ring (bicyclic) bond motifs is 1. The molecule has 0 aromatic heterocycles. The molecule has 0 aliphatic carbocycles. The van der Waals surface area contributed by atoms with E-state index >= 15 is 0 Å². The lowest BCUT2D eigenvalue weighted by Crippen LogP contribution is -2.55. The topological polar surface area (TPSA) is 90.5 Å². The number of amides is 3. The van der Waals surface area contributed by atoms with E-state index in [1.807, 2.05) is 0 Å². The molecule has 3 N–H and O–H groups in total. The summed E-state index contributed by atoms with van der Waals surface area (Å²) in [4.78, 5) is 40.6. The second kappa shape index (κ2) is 11.4. The molecule has 0 saturated heterocycles. The molecule has 2 aromatic rings. The first kappa shape index (κ1) is 27.2. The van der Waals surface area contributed by atoms with Crippen LogP contribution in [0.15, 0.2) is 42.5 Å². The Hall–Kier alpha value is -3.04. The molecule has 0 bridgehead atoms. The van der Waals surface area contributed by atoms with Crippen molar-refractivity contribution in [2.24, 2.45) is 5.92 Å². The Labute approximate surface area is 203 Å². The molecule has 10 heteroatoms. The van der Waals surface area contributed by atoms with Gasteiger partial charge in [-0.2, -0.15) is 0 Å². The van der Waals surface area contributed by atoms with Crippen LogP contribution in [0.1, 0.15) is 37.9 Å². The van der Waals surface area contributed by atoms with Crippen LogP contribution in [0.2, 0.25) is 0 Å². The van der Waals surface area contributed by atoms with Gasteiger partial charge in [0.15, 0.2) is 0 Å². The van der Waals surface area contributed by atoms with Crippen LogP contribution in [-0.2, 0) is 20.9 Å². The van der Waals surface area contributed by atoms with Crippen LogP contribution in [0, 0.1) is 17.6 Å². The third-order valence-electron chi connectivity index (χ3n) is 5.80. The van der Waals surface area contributed by atoms with Crippen molar-refractivity contribution in [3.63, 3.8) is 0 Å². The molecule has 1 unspecified atom stereocenters. The van der Waals surface area contributed by atoms with Crippen molar-refractivity contribution in [3.05, 3.63) is 65.2 Å². The molecule has 3 amide bonds. The maximum absolute atomic E-state index is 14.1. The number of rotatable bonds is 7. The normalized spacial score (nSPS) is 16.3. The van der Waals surface area contributed by atoms with Gasteiger partial charge in [0, 0.05) is 6.54 Å². The summed E-state index contributed by atoms with van der Waals surface area (Å²) in [6.45, 7) is 5.38. The lowest BCUT2D eigenvalue weighted by atomic mass is 10.0. The van der Waals surface area contributed by atoms with Crippen molar-refractivity contribution < 1.29 is 23.2 Å². The van der Waals surface area contributed by atoms with Gasteiger partial charge in [-0.1, -0.05) is 44.2 Å². The average Bonchev–Trinajstić information content (AvgIpc) is 3.18. The highest BCUT2D eigenvalue weighted by Gasteiger charge is 2.42. The fourth-order valence-electron chi connectivity index (χ4n) is 3.79. The fourth-order valence-corrected chi connectivity index (χ4v) is 3.79. The van der Waals surface area contributed by atoms with Gasteiger partial charge < -0.3 is 20.9 Å². The van der Waals surface area contributed by atoms with Gasteiger partial charge in [-0.05, 0) is 43.1 Å². The number of hydrogen-bond donors (Lipinski definition) is 3. The van der Waals surface area contributed by atoms with E-state index in [4.69, 9.17) is 0 Å². The largest absolute Gasteiger partial charge is 0.343 e. The summed E-state index contributed by atoms with van der Waals surface area (Å²) in [5.41, 5.74) is 0.741. The maximum atomic E-state index is 14.1. The number of para-hydroxylation sites is 1. The van der Waals surface area contributed by atoms with Crippen molar-refractivity contribution in [1.82, 2.24) is 15.5 Å². The summed E-state index contributed by atoms with van der Waals surface area (Å²) in [5, 5.41) is 7.88. The van der Waals surface area contributed by atoms with Gasteiger partial charge in [-0.15, -0.1) is 12.4 Å². The lowest BCUT2D eigenvalue weighted by molar-refractivity contribution is -0.143. The van der Waals surface area contributed by atoms with Crippen LogP contribution in [0.4, 0.5) is 14.5 Å². The van der Waals surface area contributed by atoms with Crippen LogP contribution in [0.5, 0.6) is 0 Å². The van der Waals surface area contributed by atoms with E-state index in [2.05, 4.69) is 16.0 Å². The number of halogens is 3. The number of carbonyl (C=O) groups is 3. The van der Waals surface area contributed by atoms with Gasteiger partial charge in [-0.25, -0.2) is 8.78 Å². The SMILES string of the molecule is CN[C@@H](C)C(=O)N[C@H](C(=O)N1Cc2ccccc2C1C(=O)Nc1c(F)cccc1F)C(C)C.Cl. The first-order chi connectivity index (χ1) is 15.6. The number of likely N-dealkylation sites (N-methyl/N-ethyl adjacent to an activating group) is 1. The summed E-state index contributed by atoms with van der Waals surface area (Å²) < 4.78 is 28.3. The third kappa shape index (κ3) is 5.53. The fraction of sp³-hybridized carbons (Fsp3) is 0.375. The number of nitrogens with zero attached hydrogens (tertiary/aromatic N) is 1. The summed E-state index contributed by atoms with van der Waals surface area (Å²) in [7, 11) is 1.63. The monoisotopic (exact) mass is 494 g/mol. The van der Waals surface area contributed by atoms with E-state index in [0.29, 0.717) is 5.56 Å². The van der Waals surface area contributed by atoms with E-state index in [1.54, 1.807) is 52.1 Å². The summed E-state index contributed by atoms with van der Waals surface area (Å²) in [6, 6.07) is 7.78. The molecule has 0 saturated carbocycles. The Balaban J connectivity index is 0.00000408. The molecule has 184 valence electrons. The Morgan fingerprint density at radius 2 is 1.62 bits per heavy atom. The first-order valence-electron chi connectivity index (χ1n) is 10.8. The third-order valence-corrected chi connectivity index (χ3v) is 5.80. The number of anilines is 1. The van der Waals surface area contributed by atoms with Crippen molar-refractivity contribution >= 4 is 35.8 Å². The zero-order valence-electron chi connectivity index (χ0n) is 19.4. The molecular formula is C24H29ClF2N4O3. The van der Waals surface area contributed by atoms with Gasteiger partial charge in [0.2, 0.25) is 11.8 Å². The van der Waals surface area contributed by atoms with E-state index in [0.717, 1.165) is 17.7 Å². The molecule has 0 fully saturated rings. The van der Waals surface area contributed by atoms with E-state index in [-0.39, 0.29) is 30.8 Å². The molecule has 3 rings (SSSR count). The quantitative estimate of drug-likeness (QED) is 0.551. The van der Waals surface area contributed by atoms with Crippen molar-refractivity contribution in [1.29, 1.82) is 0 Å². The van der Waals surface area contributed by atoms with Crippen LogP contribution in [0.25, 0.3) is 0 Å². The number of hydrogen-bond acceptors (Lipinski definition) is 4. The number of carbonyl (C=O) groups excluding carboxylic acids is 3. The number of nitrogens with one attached hydrogen (secondary N) is 3. The Morgan fingerprint density at radius 1 is 1.00 bits per heavy atom. The molecule has 3 atom stereocenters. The molecule has 0 radical (unpaired) electrons. The Kier molecular flexibility index (Phi) is 9.12. The highest BCUT2D eigenvalue weighted by Crippen LogP contribution is 2.36. The van der Waals surface area contributed by atoms with Crippen molar-refractivity contribution in [3.8, 4) is 0 Å². The highest BCUT2D eigenvalue weighted by atomic mass is 35.5. The Bertz CT molecular complexity index is 1050. The van der Waals surface area contributed by atoms with E-state index < -0.39 is 47.3 Å². The predicted molar refractivity (Wildman–Crippen MR) is 127 cm³/mol. The van der Waals surface area contributed by atoms with Gasteiger partial charge in [0.25, 0.3) is 5.91 Å². The Morgan fingerprint density at radius 3 is 2.21 bits per heavy atom. The summed E-state index contributed by atoms with van der Waals surface area (Å²) in [5.74, 6) is -3.64. The highest BCUT2D eigenvalue weighted by molar-refractivity contribution is 6.00. The van der Waals surface area contributed by atoms with E-state index in [9.17, 15) is 23.2 Å². The zero-order chi connectivity index (χ0) is 24.3. The smallest absolute Gasteiger partial charge is 0.252 e. The van der Waals surface area contributed by atoms with Crippen molar-refractivity contribution in [2.45, 2.75) is 45.4 Å². The molecule has 0 spiro atoms. The minimum atomic E-state index is -1.10. The van der Waals surface area contributed by atoms with Crippen molar-refractivity contribution in [2.75, 3.05) is 12.4 Å². The second-order valence-electron chi connectivity index (χ2n) is 8.39. The average molecular weight is 495 g/mol.